The van der Waals surface area contributed by atoms with E-state index >= 15 is 0 Å². The van der Waals surface area contributed by atoms with Crippen molar-refractivity contribution in [3.05, 3.63) is 90.8 Å². The van der Waals surface area contributed by atoms with Crippen LogP contribution < -0.4 is 5.32 Å². The lowest BCUT2D eigenvalue weighted by atomic mass is 10.1. The molecule has 0 aliphatic carbocycles. The van der Waals surface area contributed by atoms with Crippen LogP contribution >= 0.6 is 0 Å². The Morgan fingerprint density at radius 2 is 2.00 bits per heavy atom. The maximum Gasteiger partial charge on any atom is 0.258 e. The first-order chi connectivity index (χ1) is 16.2. The first-order valence-corrected chi connectivity index (χ1v) is 10.3. The fourth-order valence-electron chi connectivity index (χ4n) is 3.75. The minimum atomic E-state index is -0.316. The van der Waals surface area contributed by atoms with E-state index < -0.39 is 0 Å². The number of rotatable bonds is 5. The highest BCUT2D eigenvalue weighted by Gasteiger charge is 2.19. The minimum Gasteiger partial charge on any atom is -0.467 e. The second-order valence-electron chi connectivity index (χ2n) is 7.47. The Balaban J connectivity index is 1.45. The van der Waals surface area contributed by atoms with Crippen molar-refractivity contribution in [1.82, 2.24) is 29.7 Å². The third-order valence-electron chi connectivity index (χ3n) is 5.32. The molecule has 0 saturated carbocycles. The number of carbonyl (C=O) groups excluding carboxylic acids is 1. The van der Waals surface area contributed by atoms with E-state index in [1.165, 1.54) is 0 Å². The van der Waals surface area contributed by atoms with E-state index in [0.29, 0.717) is 34.8 Å². The van der Waals surface area contributed by atoms with E-state index in [2.05, 4.69) is 25.4 Å². The third-order valence-corrected chi connectivity index (χ3v) is 5.32. The van der Waals surface area contributed by atoms with E-state index in [1.54, 1.807) is 35.6 Å². The molecule has 5 aromatic heterocycles. The Morgan fingerprint density at radius 3 is 2.82 bits per heavy atom. The predicted molar refractivity (Wildman–Crippen MR) is 123 cm³/mol. The van der Waals surface area contributed by atoms with Crippen LogP contribution in [0.15, 0.2) is 83.9 Å². The number of nitrogens with zero attached hydrogens (tertiary/aromatic N) is 5. The highest BCUT2D eigenvalue weighted by Crippen LogP contribution is 2.26. The van der Waals surface area contributed by atoms with Crippen molar-refractivity contribution >= 4 is 33.9 Å². The molecule has 0 saturated heterocycles. The predicted octanol–water partition coefficient (Wildman–Crippen LogP) is 4.26. The average molecular weight is 435 g/mol. The first-order valence-electron chi connectivity index (χ1n) is 10.3. The molecule has 9 heteroatoms. The number of aromatic amines is 1. The van der Waals surface area contributed by atoms with Crippen molar-refractivity contribution in [2.45, 2.75) is 6.54 Å². The highest BCUT2D eigenvalue weighted by atomic mass is 16.3. The molecule has 0 bridgehead atoms. The molecule has 160 valence electrons. The number of fused-ring (bicyclic) bond motifs is 2. The summed E-state index contributed by atoms with van der Waals surface area (Å²) in [5, 5.41) is 7.96. The zero-order valence-electron chi connectivity index (χ0n) is 17.3. The number of H-pyrrole nitrogens is 1. The molecule has 0 atom stereocenters. The summed E-state index contributed by atoms with van der Waals surface area (Å²) >= 11 is 0. The van der Waals surface area contributed by atoms with Crippen molar-refractivity contribution in [1.29, 1.82) is 0 Å². The summed E-state index contributed by atoms with van der Waals surface area (Å²) in [7, 11) is 0. The molecule has 0 aliphatic heterocycles. The summed E-state index contributed by atoms with van der Waals surface area (Å²) < 4.78 is 7.18. The highest BCUT2D eigenvalue weighted by molar-refractivity contribution is 6.12. The van der Waals surface area contributed by atoms with Gasteiger partial charge in [0.1, 0.15) is 12.3 Å². The second kappa shape index (κ2) is 7.72. The van der Waals surface area contributed by atoms with Crippen molar-refractivity contribution < 1.29 is 9.21 Å². The number of anilines is 1. The zero-order chi connectivity index (χ0) is 22.2. The minimum absolute atomic E-state index is 0.316. The average Bonchev–Trinajstić information content (AvgIpc) is 3.59. The van der Waals surface area contributed by atoms with Gasteiger partial charge in [0.15, 0.2) is 5.65 Å². The van der Waals surface area contributed by atoms with Gasteiger partial charge >= 0.3 is 0 Å². The summed E-state index contributed by atoms with van der Waals surface area (Å²) in [4.78, 5) is 29.9. The zero-order valence-corrected chi connectivity index (χ0v) is 17.3. The molecular formula is C24H17N7O2. The number of hydrogen-bond acceptors (Lipinski definition) is 6. The van der Waals surface area contributed by atoms with Crippen LogP contribution in [0.3, 0.4) is 0 Å². The number of pyridine rings is 2. The van der Waals surface area contributed by atoms with E-state index in [4.69, 9.17) is 9.40 Å². The standard InChI is InChI=1S/C24H17N7O2/c32-23(30-24-28-19-7-1-2-8-20(19)29-24)17-11-21(15-5-3-9-25-12-15)27-22-18(17)13-26-31(22)14-16-6-4-10-33-16/h1-13H,14H2,(H2,28,29,30,32). The van der Waals surface area contributed by atoms with E-state index in [9.17, 15) is 4.79 Å². The van der Waals surface area contributed by atoms with Crippen LogP contribution in [0, 0.1) is 0 Å². The Morgan fingerprint density at radius 1 is 1.06 bits per heavy atom. The fraction of sp³-hybridized carbons (Fsp3) is 0.0417. The van der Waals surface area contributed by atoms with Gasteiger partial charge < -0.3 is 9.40 Å². The van der Waals surface area contributed by atoms with Gasteiger partial charge in [-0.3, -0.25) is 15.1 Å². The fourth-order valence-corrected chi connectivity index (χ4v) is 3.75. The van der Waals surface area contributed by atoms with Crippen molar-refractivity contribution in [2.24, 2.45) is 0 Å². The smallest absolute Gasteiger partial charge is 0.258 e. The number of imidazole rings is 1. The van der Waals surface area contributed by atoms with Crippen LogP contribution in [0.4, 0.5) is 5.95 Å². The number of hydrogen-bond donors (Lipinski definition) is 2. The van der Waals surface area contributed by atoms with E-state index in [-0.39, 0.29) is 5.91 Å². The quantitative estimate of drug-likeness (QED) is 0.418. The van der Waals surface area contributed by atoms with Gasteiger partial charge in [0.2, 0.25) is 5.95 Å². The monoisotopic (exact) mass is 435 g/mol. The molecule has 6 rings (SSSR count). The molecule has 0 unspecified atom stereocenters. The van der Waals surface area contributed by atoms with Gasteiger partial charge in [-0.25, -0.2) is 14.6 Å². The Hall–Kier alpha value is -4.79. The summed E-state index contributed by atoms with van der Waals surface area (Å²) in [6.45, 7) is 0.393. The first kappa shape index (κ1) is 18.9. The molecule has 1 aromatic carbocycles. The molecular weight excluding hydrogens is 418 g/mol. The topological polar surface area (TPSA) is 115 Å². The number of carbonyl (C=O) groups is 1. The molecule has 0 radical (unpaired) electrons. The van der Waals surface area contributed by atoms with Crippen molar-refractivity contribution in [3.8, 4) is 11.3 Å². The number of para-hydroxylation sites is 2. The van der Waals surface area contributed by atoms with Crippen LogP contribution in [0.1, 0.15) is 16.1 Å². The van der Waals surface area contributed by atoms with Gasteiger partial charge in [0, 0.05) is 18.0 Å². The summed E-state index contributed by atoms with van der Waals surface area (Å²) in [6, 6.07) is 16.8. The summed E-state index contributed by atoms with van der Waals surface area (Å²) in [6.07, 6.45) is 6.66. The lowest BCUT2D eigenvalue weighted by Crippen LogP contribution is -2.14. The molecule has 0 aliphatic rings. The van der Waals surface area contributed by atoms with Crippen LogP contribution in [-0.4, -0.2) is 35.6 Å². The van der Waals surface area contributed by atoms with Gasteiger partial charge in [-0.05, 0) is 42.5 Å². The van der Waals surface area contributed by atoms with Crippen LogP contribution in [0.2, 0.25) is 0 Å². The molecule has 6 aromatic rings. The Labute approximate surface area is 187 Å². The number of furan rings is 1. The van der Waals surface area contributed by atoms with Gasteiger partial charge in [-0.15, -0.1) is 0 Å². The lowest BCUT2D eigenvalue weighted by Gasteiger charge is -2.08. The third kappa shape index (κ3) is 3.51. The number of nitrogens with one attached hydrogen (secondary N) is 2. The van der Waals surface area contributed by atoms with Crippen molar-refractivity contribution in [2.75, 3.05) is 5.32 Å². The molecule has 1 amide bonds. The number of aromatic nitrogens is 6. The lowest BCUT2D eigenvalue weighted by molar-refractivity contribution is 0.102. The van der Waals surface area contributed by atoms with Gasteiger partial charge in [-0.1, -0.05) is 12.1 Å². The molecule has 9 nitrogen and oxygen atoms in total. The van der Waals surface area contributed by atoms with Crippen molar-refractivity contribution in [3.63, 3.8) is 0 Å². The molecule has 0 fully saturated rings. The largest absolute Gasteiger partial charge is 0.467 e. The number of benzene rings is 1. The van der Waals surface area contributed by atoms with Crippen LogP contribution in [0.25, 0.3) is 33.3 Å². The molecule has 0 spiro atoms. The second-order valence-corrected chi connectivity index (χ2v) is 7.47. The normalized spacial score (nSPS) is 11.3. The maximum atomic E-state index is 13.3. The van der Waals surface area contributed by atoms with Gasteiger partial charge in [-0.2, -0.15) is 5.10 Å². The molecule has 2 N–H and O–H groups in total. The van der Waals surface area contributed by atoms with E-state index in [1.807, 2.05) is 48.5 Å². The van der Waals surface area contributed by atoms with Gasteiger partial charge in [0.25, 0.3) is 5.91 Å². The van der Waals surface area contributed by atoms with Gasteiger partial charge in [0.05, 0.1) is 40.1 Å². The number of amides is 1. The van der Waals surface area contributed by atoms with Crippen LogP contribution in [0.5, 0.6) is 0 Å². The summed E-state index contributed by atoms with van der Waals surface area (Å²) in [5.41, 5.74) is 4.03. The molecule has 33 heavy (non-hydrogen) atoms. The SMILES string of the molecule is O=C(Nc1nc2ccccc2[nH]1)c1cc(-c2cccnc2)nc2c1cnn2Cc1ccco1. The van der Waals surface area contributed by atoms with Crippen LogP contribution in [-0.2, 0) is 6.54 Å². The molecule has 5 heterocycles. The van der Waals surface area contributed by atoms with E-state index in [0.717, 1.165) is 22.4 Å². The Kier molecular flexibility index (Phi) is 4.43. The maximum absolute atomic E-state index is 13.3. The summed E-state index contributed by atoms with van der Waals surface area (Å²) in [5.74, 6) is 0.795. The Bertz CT molecular complexity index is 1550.